The maximum absolute atomic E-state index is 12.8. The zero-order chi connectivity index (χ0) is 22.8. The van der Waals surface area contributed by atoms with Gasteiger partial charge >= 0.3 is 5.00 Å². The van der Waals surface area contributed by atoms with Crippen molar-refractivity contribution in [3.8, 4) is 17.2 Å². The minimum atomic E-state index is -0.582. The Kier molecular flexibility index (Phi) is 5.56. The van der Waals surface area contributed by atoms with Gasteiger partial charge in [0.2, 0.25) is 11.2 Å². The molecule has 1 N–H and O–H groups in total. The van der Waals surface area contributed by atoms with E-state index < -0.39 is 10.8 Å². The molecule has 2 aromatic heterocycles. The number of amides is 1. The molecule has 0 spiro atoms. The molecule has 162 valence electrons. The summed E-state index contributed by atoms with van der Waals surface area (Å²) < 4.78 is 16.6. The summed E-state index contributed by atoms with van der Waals surface area (Å²) in [5.74, 6) is 0.735. The number of aromatic nitrogens is 1. The maximum atomic E-state index is 12.8. The molecule has 11 heteroatoms. The molecule has 0 unspecified atom stereocenters. The van der Waals surface area contributed by atoms with Crippen LogP contribution in [0.25, 0.3) is 11.0 Å². The monoisotopic (exact) mass is 453 g/mol. The van der Waals surface area contributed by atoms with Crippen LogP contribution in [0.3, 0.4) is 0 Å². The summed E-state index contributed by atoms with van der Waals surface area (Å²) >= 11 is 0.755. The normalized spacial score (nSPS) is 10.7. The lowest BCUT2D eigenvalue weighted by Gasteiger charge is -2.10. The average Bonchev–Trinajstić information content (AvgIpc) is 3.25. The molecule has 10 nitrogen and oxygen atoms in total. The van der Waals surface area contributed by atoms with Crippen molar-refractivity contribution in [1.29, 1.82) is 0 Å². The van der Waals surface area contributed by atoms with E-state index >= 15 is 0 Å². The molecule has 4 rings (SSSR count). The van der Waals surface area contributed by atoms with Gasteiger partial charge in [-0.3, -0.25) is 25.0 Å². The number of hydrogen-bond donors (Lipinski definition) is 1. The molecule has 32 heavy (non-hydrogen) atoms. The fourth-order valence-electron chi connectivity index (χ4n) is 2.88. The fraction of sp³-hybridized carbons (Fsp3) is 0.0952. The standard InChI is InChI=1S/C21H15N3O7S/c1-11-19(18(25)15-8-7-14(29-2)9-16(15)30-11)31-13-5-3-12(4-6-13)20(26)23-21-22-10-17(32-21)24(27)28/h3-10H,1-2H3,(H,22,23,26). The second-order valence-electron chi connectivity index (χ2n) is 6.52. The highest BCUT2D eigenvalue weighted by Crippen LogP contribution is 2.28. The molecule has 2 heterocycles. The van der Waals surface area contributed by atoms with E-state index in [9.17, 15) is 19.7 Å². The van der Waals surface area contributed by atoms with Gasteiger partial charge in [-0.1, -0.05) is 0 Å². The third-order valence-electron chi connectivity index (χ3n) is 4.45. The van der Waals surface area contributed by atoms with Crippen molar-refractivity contribution in [2.75, 3.05) is 12.4 Å². The lowest BCUT2D eigenvalue weighted by atomic mass is 10.2. The number of anilines is 1. The van der Waals surface area contributed by atoms with E-state index in [4.69, 9.17) is 13.9 Å². The van der Waals surface area contributed by atoms with Crippen molar-refractivity contribution in [3.63, 3.8) is 0 Å². The molecule has 1 amide bonds. The first-order valence-electron chi connectivity index (χ1n) is 9.16. The number of aryl methyl sites for hydroxylation is 1. The van der Waals surface area contributed by atoms with Gasteiger partial charge in [0.15, 0.2) is 5.13 Å². The van der Waals surface area contributed by atoms with Crippen LogP contribution in [0.2, 0.25) is 0 Å². The first-order valence-corrected chi connectivity index (χ1v) is 9.98. The van der Waals surface area contributed by atoms with Crippen molar-refractivity contribution < 1.29 is 23.6 Å². The molecule has 0 aliphatic heterocycles. The SMILES string of the molecule is COc1ccc2c(=O)c(Oc3ccc(C(=O)Nc4ncc([N+](=O)[O-])s4)cc3)c(C)oc2c1. The number of ether oxygens (including phenoxy) is 2. The van der Waals surface area contributed by atoms with Crippen LogP contribution in [0.5, 0.6) is 17.2 Å². The Morgan fingerprint density at radius 1 is 1.19 bits per heavy atom. The number of fused-ring (bicyclic) bond motifs is 1. The summed E-state index contributed by atoms with van der Waals surface area (Å²) in [6, 6.07) is 10.9. The quantitative estimate of drug-likeness (QED) is 0.333. The lowest BCUT2D eigenvalue weighted by Crippen LogP contribution is -2.11. The van der Waals surface area contributed by atoms with Gasteiger partial charge < -0.3 is 13.9 Å². The largest absolute Gasteiger partial charge is 0.497 e. The number of carbonyl (C=O) groups excluding carboxylic acids is 1. The minimum absolute atomic E-state index is 0.0370. The highest BCUT2D eigenvalue weighted by atomic mass is 32.1. The van der Waals surface area contributed by atoms with Crippen molar-refractivity contribution in [3.05, 3.63) is 80.3 Å². The van der Waals surface area contributed by atoms with E-state index in [2.05, 4.69) is 10.3 Å². The van der Waals surface area contributed by atoms with Crippen LogP contribution in [0.1, 0.15) is 16.1 Å². The smallest absolute Gasteiger partial charge is 0.345 e. The minimum Gasteiger partial charge on any atom is -0.497 e. The molecule has 0 saturated heterocycles. The van der Waals surface area contributed by atoms with Gasteiger partial charge in [-0.2, -0.15) is 0 Å². The zero-order valence-corrected chi connectivity index (χ0v) is 17.6. The molecular formula is C21H15N3O7S. The number of methoxy groups -OCH3 is 1. The van der Waals surface area contributed by atoms with Crippen molar-refractivity contribution in [2.24, 2.45) is 0 Å². The van der Waals surface area contributed by atoms with Gasteiger partial charge in [-0.25, -0.2) is 4.98 Å². The number of nitrogens with one attached hydrogen (secondary N) is 1. The van der Waals surface area contributed by atoms with Crippen LogP contribution in [0.15, 0.2) is 57.9 Å². The van der Waals surface area contributed by atoms with Crippen LogP contribution in [-0.4, -0.2) is 22.9 Å². The summed E-state index contributed by atoms with van der Waals surface area (Å²) in [7, 11) is 1.52. The lowest BCUT2D eigenvalue weighted by molar-refractivity contribution is -0.380. The second-order valence-corrected chi connectivity index (χ2v) is 7.53. The molecule has 0 atom stereocenters. The number of carbonyl (C=O) groups is 1. The predicted octanol–water partition coefficient (Wildman–Crippen LogP) is 4.52. The van der Waals surface area contributed by atoms with Gasteiger partial charge in [0.25, 0.3) is 5.91 Å². The Morgan fingerprint density at radius 3 is 2.56 bits per heavy atom. The van der Waals surface area contributed by atoms with Crippen LogP contribution in [0, 0.1) is 17.0 Å². The Balaban J connectivity index is 1.53. The van der Waals surface area contributed by atoms with Crippen molar-refractivity contribution in [1.82, 2.24) is 4.98 Å². The number of rotatable bonds is 6. The summed E-state index contributed by atoms with van der Waals surface area (Å²) in [5.41, 5.74) is 0.330. The number of hydrogen-bond acceptors (Lipinski definition) is 9. The van der Waals surface area contributed by atoms with Gasteiger partial charge in [0, 0.05) is 11.6 Å². The second kappa shape index (κ2) is 8.47. The molecule has 0 aliphatic rings. The first kappa shape index (κ1) is 21.0. The number of benzene rings is 2. The van der Waals surface area contributed by atoms with Gasteiger partial charge in [0.1, 0.15) is 29.0 Å². The Labute approximate surface area is 184 Å². The molecule has 0 bridgehead atoms. The Bertz CT molecular complexity index is 1390. The van der Waals surface area contributed by atoms with Crippen LogP contribution < -0.4 is 20.2 Å². The Hall–Kier alpha value is -4.25. The van der Waals surface area contributed by atoms with Crippen LogP contribution in [0.4, 0.5) is 10.1 Å². The number of nitro groups is 1. The molecular weight excluding hydrogens is 438 g/mol. The molecule has 0 aliphatic carbocycles. The summed E-state index contributed by atoms with van der Waals surface area (Å²) in [4.78, 5) is 39.1. The highest BCUT2D eigenvalue weighted by Gasteiger charge is 2.16. The summed E-state index contributed by atoms with van der Waals surface area (Å²) in [6.45, 7) is 1.62. The van der Waals surface area contributed by atoms with E-state index in [-0.39, 0.29) is 26.9 Å². The van der Waals surface area contributed by atoms with Crippen LogP contribution in [-0.2, 0) is 0 Å². The fourth-order valence-corrected chi connectivity index (χ4v) is 3.51. The number of nitrogens with zero attached hydrogens (tertiary/aromatic N) is 2. The summed E-state index contributed by atoms with van der Waals surface area (Å²) in [5, 5.41) is 13.5. The maximum Gasteiger partial charge on any atom is 0.345 e. The topological polar surface area (TPSA) is 134 Å². The average molecular weight is 453 g/mol. The molecule has 2 aromatic carbocycles. The number of thiazole rings is 1. The van der Waals surface area contributed by atoms with Crippen molar-refractivity contribution in [2.45, 2.75) is 6.92 Å². The third kappa shape index (κ3) is 4.14. The van der Waals surface area contributed by atoms with Gasteiger partial charge in [-0.05, 0) is 54.7 Å². The van der Waals surface area contributed by atoms with Gasteiger partial charge in [-0.15, -0.1) is 0 Å². The molecule has 0 radical (unpaired) electrons. The Morgan fingerprint density at radius 2 is 1.91 bits per heavy atom. The van der Waals surface area contributed by atoms with E-state index in [1.807, 2.05) is 0 Å². The molecule has 0 saturated carbocycles. The highest BCUT2D eigenvalue weighted by molar-refractivity contribution is 7.18. The first-order chi connectivity index (χ1) is 15.4. The van der Waals surface area contributed by atoms with Crippen LogP contribution >= 0.6 is 11.3 Å². The van der Waals surface area contributed by atoms with Crippen molar-refractivity contribution >= 4 is 38.3 Å². The van der Waals surface area contributed by atoms with E-state index in [1.165, 1.54) is 31.4 Å². The molecule has 4 aromatic rings. The molecule has 0 fully saturated rings. The summed E-state index contributed by atoms with van der Waals surface area (Å²) in [6.07, 6.45) is 1.07. The van der Waals surface area contributed by atoms with E-state index in [1.54, 1.807) is 25.1 Å². The van der Waals surface area contributed by atoms with E-state index in [0.717, 1.165) is 17.5 Å². The third-order valence-corrected chi connectivity index (χ3v) is 5.32. The predicted molar refractivity (Wildman–Crippen MR) is 117 cm³/mol. The van der Waals surface area contributed by atoms with E-state index in [0.29, 0.717) is 28.2 Å². The van der Waals surface area contributed by atoms with Gasteiger partial charge in [0.05, 0.1) is 17.4 Å². The zero-order valence-electron chi connectivity index (χ0n) is 16.8.